The summed E-state index contributed by atoms with van der Waals surface area (Å²) in [5, 5.41) is 0. The molecule has 0 aliphatic carbocycles. The molecule has 1 aliphatic heterocycles. The molecule has 4 heteroatoms. The molecule has 0 spiro atoms. The van der Waals surface area contributed by atoms with Crippen molar-refractivity contribution >= 4 is 14.7 Å². The second-order valence-electron chi connectivity index (χ2n) is 7.70. The summed E-state index contributed by atoms with van der Waals surface area (Å²) < 4.78 is 25.2. The van der Waals surface area contributed by atoms with Crippen LogP contribution < -0.4 is 0 Å². The molecule has 3 nitrogen and oxygen atoms in total. The molecule has 0 radical (unpaired) electrons. The number of aryl methyl sites for hydroxylation is 1. The van der Waals surface area contributed by atoms with Gasteiger partial charge in [-0.3, -0.25) is 4.90 Å². The van der Waals surface area contributed by atoms with E-state index < -0.39 is 9.84 Å². The summed E-state index contributed by atoms with van der Waals surface area (Å²) in [6.45, 7) is 3.29. The molecule has 148 valence electrons. The Morgan fingerprint density at radius 2 is 1.28 bits per heavy atom. The van der Waals surface area contributed by atoms with E-state index in [4.69, 9.17) is 0 Å². The summed E-state index contributed by atoms with van der Waals surface area (Å²) in [6.07, 6.45) is 1.31. The maximum Gasteiger partial charge on any atom is 0.176 e. The van der Waals surface area contributed by atoms with E-state index in [-0.39, 0.29) is 6.04 Å². The number of sulfone groups is 1. The number of hydrogen-bond acceptors (Lipinski definition) is 3. The van der Waals surface area contributed by atoms with Gasteiger partial charge in [-0.25, -0.2) is 8.42 Å². The molecule has 0 N–H and O–H groups in total. The van der Waals surface area contributed by atoms with Crippen LogP contribution in [-0.2, 0) is 9.84 Å². The van der Waals surface area contributed by atoms with Crippen LogP contribution in [0.5, 0.6) is 0 Å². The zero-order valence-corrected chi connectivity index (χ0v) is 17.6. The largest absolute Gasteiger partial charge is 0.284 e. The molecule has 0 amide bonds. The number of likely N-dealkylation sites (tertiary alicyclic amines) is 1. The summed E-state index contributed by atoms with van der Waals surface area (Å²) in [5.74, 6) is 0. The molecule has 3 aromatic carbocycles. The van der Waals surface area contributed by atoms with Gasteiger partial charge in [-0.2, -0.15) is 0 Å². The molecular weight excluding hydrogens is 378 g/mol. The number of rotatable bonds is 5. The van der Waals surface area contributed by atoms with Gasteiger partial charge in [-0.1, -0.05) is 90.5 Å². The van der Waals surface area contributed by atoms with E-state index in [1.165, 1.54) is 17.4 Å². The second kappa shape index (κ2) is 7.97. The molecule has 4 rings (SSSR count). The topological polar surface area (TPSA) is 37.4 Å². The fourth-order valence-corrected chi connectivity index (χ4v) is 5.26. The molecule has 0 unspecified atom stereocenters. The van der Waals surface area contributed by atoms with Gasteiger partial charge in [0.05, 0.1) is 10.9 Å². The predicted octanol–water partition coefficient (Wildman–Crippen LogP) is 4.86. The first-order valence-electron chi connectivity index (χ1n) is 9.76. The van der Waals surface area contributed by atoms with Gasteiger partial charge in [-0.15, -0.1) is 0 Å². The van der Waals surface area contributed by atoms with Crippen LogP contribution in [0, 0.1) is 6.92 Å². The first-order chi connectivity index (χ1) is 13.9. The highest BCUT2D eigenvalue weighted by Gasteiger charge is 2.34. The fourth-order valence-electron chi connectivity index (χ4n) is 4.04. The average Bonchev–Trinajstić information content (AvgIpc) is 2.68. The van der Waals surface area contributed by atoms with E-state index in [1.807, 2.05) is 43.3 Å². The lowest BCUT2D eigenvalue weighted by molar-refractivity contribution is 0.203. The van der Waals surface area contributed by atoms with Gasteiger partial charge in [0, 0.05) is 19.3 Å². The van der Waals surface area contributed by atoms with Crippen molar-refractivity contribution in [1.82, 2.24) is 4.90 Å². The lowest BCUT2D eigenvalue weighted by Crippen LogP contribution is -2.44. The zero-order valence-electron chi connectivity index (χ0n) is 16.7. The van der Waals surface area contributed by atoms with E-state index in [1.54, 1.807) is 0 Å². The zero-order chi connectivity index (χ0) is 20.4. The Hall–Kier alpha value is -2.69. The highest BCUT2D eigenvalue weighted by molar-refractivity contribution is 8.00. The van der Waals surface area contributed by atoms with Gasteiger partial charge in [0.15, 0.2) is 9.84 Å². The van der Waals surface area contributed by atoms with Crippen LogP contribution in [0.1, 0.15) is 28.3 Å². The lowest BCUT2D eigenvalue weighted by atomic mass is 9.92. The maximum atomic E-state index is 12.6. The highest BCUT2D eigenvalue weighted by atomic mass is 32.2. The molecule has 0 aromatic heterocycles. The minimum atomic E-state index is -3.32. The lowest BCUT2D eigenvalue weighted by Gasteiger charge is -2.42. The quantitative estimate of drug-likeness (QED) is 0.611. The summed E-state index contributed by atoms with van der Waals surface area (Å²) in [5.41, 5.74) is 5.31. The third kappa shape index (κ3) is 4.19. The monoisotopic (exact) mass is 403 g/mol. The molecule has 3 aromatic rings. The molecule has 1 saturated heterocycles. The van der Waals surface area contributed by atoms with Crippen LogP contribution in [0.3, 0.4) is 0 Å². The second-order valence-corrected chi connectivity index (χ2v) is 9.65. The smallest absolute Gasteiger partial charge is 0.176 e. The van der Waals surface area contributed by atoms with E-state index >= 15 is 0 Å². The molecule has 29 heavy (non-hydrogen) atoms. The van der Waals surface area contributed by atoms with Crippen molar-refractivity contribution in [3.05, 3.63) is 113 Å². The van der Waals surface area contributed by atoms with Gasteiger partial charge in [-0.05, 0) is 29.2 Å². The maximum absolute atomic E-state index is 12.6. The number of benzene rings is 3. The highest BCUT2D eigenvalue weighted by Crippen LogP contribution is 2.38. The Labute approximate surface area is 173 Å². The van der Waals surface area contributed by atoms with Crippen LogP contribution in [0.4, 0.5) is 0 Å². The molecule has 1 aliphatic rings. The number of hydrogen-bond donors (Lipinski definition) is 0. The van der Waals surface area contributed by atoms with Crippen molar-refractivity contribution in [1.29, 1.82) is 0 Å². The van der Waals surface area contributed by atoms with Gasteiger partial charge in [0.2, 0.25) is 0 Å². The summed E-state index contributed by atoms with van der Waals surface area (Å²) in [6, 6.07) is 28.7. The normalized spacial score (nSPS) is 14.7. The summed E-state index contributed by atoms with van der Waals surface area (Å²) in [7, 11) is -3.32. The molecule has 0 atom stereocenters. The molecule has 1 heterocycles. The molecular formula is C25H25NO2S. The Kier molecular flexibility index (Phi) is 5.39. The van der Waals surface area contributed by atoms with Gasteiger partial charge < -0.3 is 0 Å². The Morgan fingerprint density at radius 1 is 0.793 bits per heavy atom. The molecule has 1 fully saturated rings. The Morgan fingerprint density at radius 3 is 1.72 bits per heavy atom. The SMILES string of the molecule is Cc1ccc(C(=C2CN(C(c3ccccc3)c3ccccc3)C2)S(C)(=O)=O)cc1. The van der Waals surface area contributed by atoms with Crippen molar-refractivity contribution in [3.8, 4) is 0 Å². The molecule has 0 saturated carbocycles. The predicted molar refractivity (Wildman–Crippen MR) is 119 cm³/mol. The first kappa shape index (κ1) is 19.6. The van der Waals surface area contributed by atoms with Gasteiger partial charge in [0.1, 0.15) is 0 Å². The summed E-state index contributed by atoms with van der Waals surface area (Å²) in [4.78, 5) is 2.81. The van der Waals surface area contributed by atoms with Gasteiger partial charge in [0.25, 0.3) is 0 Å². The van der Waals surface area contributed by atoms with E-state index in [0.717, 1.165) is 16.7 Å². The average molecular weight is 404 g/mol. The van der Waals surface area contributed by atoms with E-state index in [2.05, 4.69) is 53.4 Å². The third-order valence-corrected chi connectivity index (χ3v) is 6.66. The molecule has 0 bridgehead atoms. The first-order valence-corrected chi connectivity index (χ1v) is 11.7. The van der Waals surface area contributed by atoms with Crippen molar-refractivity contribution in [2.24, 2.45) is 0 Å². The van der Waals surface area contributed by atoms with Crippen molar-refractivity contribution < 1.29 is 8.42 Å². The van der Waals surface area contributed by atoms with Crippen LogP contribution in [0.2, 0.25) is 0 Å². The van der Waals surface area contributed by atoms with Crippen molar-refractivity contribution in [3.63, 3.8) is 0 Å². The minimum Gasteiger partial charge on any atom is -0.284 e. The van der Waals surface area contributed by atoms with Crippen molar-refractivity contribution in [2.75, 3.05) is 19.3 Å². The third-order valence-electron chi connectivity index (χ3n) is 5.39. The minimum absolute atomic E-state index is 0.111. The van der Waals surface area contributed by atoms with Crippen LogP contribution in [0.25, 0.3) is 4.91 Å². The van der Waals surface area contributed by atoms with E-state index in [0.29, 0.717) is 18.0 Å². The van der Waals surface area contributed by atoms with Crippen LogP contribution >= 0.6 is 0 Å². The van der Waals surface area contributed by atoms with Crippen LogP contribution in [0.15, 0.2) is 90.5 Å². The van der Waals surface area contributed by atoms with Crippen LogP contribution in [-0.4, -0.2) is 32.7 Å². The Bertz CT molecular complexity index is 1070. The van der Waals surface area contributed by atoms with Gasteiger partial charge >= 0.3 is 0 Å². The fraction of sp³-hybridized carbons (Fsp3) is 0.200. The standard InChI is InChI=1S/C25H25NO2S/c1-19-13-15-22(16-14-19)25(29(2,27)28)23-17-26(18-23)24(20-9-5-3-6-10-20)21-11-7-4-8-12-21/h3-16,24H,17-18H2,1-2H3. The van der Waals surface area contributed by atoms with Crippen molar-refractivity contribution in [2.45, 2.75) is 13.0 Å². The Balaban J connectivity index is 1.70. The van der Waals surface area contributed by atoms with E-state index in [9.17, 15) is 8.42 Å². The number of nitrogens with zero attached hydrogens (tertiary/aromatic N) is 1. The summed E-state index contributed by atoms with van der Waals surface area (Å²) >= 11 is 0.